The number of H-pyrrole nitrogens is 2. The largest absolute Gasteiger partial charge is 0.485 e. The van der Waals surface area contributed by atoms with Crippen LogP contribution in [0.3, 0.4) is 0 Å². The first-order valence-electron chi connectivity index (χ1n) is 9.13. The van der Waals surface area contributed by atoms with E-state index in [9.17, 15) is 0 Å². The van der Waals surface area contributed by atoms with Crippen LogP contribution in [0.4, 0.5) is 0 Å². The lowest BCUT2D eigenvalue weighted by Gasteiger charge is -2.35. The molecule has 0 spiro atoms. The van der Waals surface area contributed by atoms with Gasteiger partial charge in [0.05, 0.1) is 16.6 Å². The number of hydrogen-bond acceptors (Lipinski definition) is 4. The molecular formula is C22H16N4O2. The van der Waals surface area contributed by atoms with Crippen molar-refractivity contribution in [3.8, 4) is 11.5 Å². The second kappa shape index (κ2) is 5.60. The van der Waals surface area contributed by atoms with Crippen LogP contribution in [0.2, 0.25) is 0 Å². The van der Waals surface area contributed by atoms with Crippen molar-refractivity contribution in [1.82, 2.24) is 20.2 Å². The fraction of sp³-hybridized carbons (Fsp3) is 0.0909. The van der Waals surface area contributed by atoms with Crippen LogP contribution in [0.15, 0.2) is 72.8 Å². The van der Waals surface area contributed by atoms with Crippen molar-refractivity contribution >= 4 is 21.9 Å². The molecule has 6 heteroatoms. The highest BCUT2D eigenvalue weighted by molar-refractivity contribution is 5.83. The van der Waals surface area contributed by atoms with E-state index in [0.717, 1.165) is 27.6 Å². The molecule has 0 saturated carbocycles. The third-order valence-corrected chi connectivity index (χ3v) is 5.19. The van der Waals surface area contributed by atoms with E-state index >= 15 is 0 Å². The minimum atomic E-state index is -0.993. The monoisotopic (exact) mass is 368 g/mol. The molecule has 2 N–H and O–H groups in total. The van der Waals surface area contributed by atoms with Gasteiger partial charge < -0.3 is 14.5 Å². The second-order valence-corrected chi connectivity index (χ2v) is 6.88. The number of para-hydroxylation sites is 5. The standard InChI is InChI=1S/C22H16N4O2/c1-2-8-15-14(7-1)20(26-25-15)22(13-27-18-11-5-6-12-19(18)28-22)21-23-16-9-3-4-10-17(16)24-21/h1-12H,13H2,(H,23,24)(H,25,26). The van der Waals surface area contributed by atoms with Gasteiger partial charge in [0.1, 0.15) is 12.3 Å². The summed E-state index contributed by atoms with van der Waals surface area (Å²) < 4.78 is 12.7. The van der Waals surface area contributed by atoms with E-state index in [4.69, 9.17) is 14.5 Å². The fourth-order valence-electron chi connectivity index (χ4n) is 3.81. The number of benzene rings is 3. The first-order chi connectivity index (χ1) is 13.8. The molecule has 28 heavy (non-hydrogen) atoms. The summed E-state index contributed by atoms with van der Waals surface area (Å²) in [5.41, 5.74) is 2.51. The summed E-state index contributed by atoms with van der Waals surface area (Å²) >= 11 is 0. The lowest BCUT2D eigenvalue weighted by molar-refractivity contribution is 0.0123. The molecule has 1 atom stereocenters. The molecule has 0 bridgehead atoms. The minimum Gasteiger partial charge on any atom is -0.485 e. The zero-order valence-electron chi connectivity index (χ0n) is 14.8. The van der Waals surface area contributed by atoms with E-state index in [-0.39, 0.29) is 6.61 Å². The van der Waals surface area contributed by atoms with Gasteiger partial charge in [0.15, 0.2) is 17.3 Å². The van der Waals surface area contributed by atoms with E-state index in [1.807, 2.05) is 72.8 Å². The van der Waals surface area contributed by atoms with Crippen LogP contribution in [0.25, 0.3) is 21.9 Å². The molecule has 0 fully saturated rings. The van der Waals surface area contributed by atoms with Gasteiger partial charge in [-0.05, 0) is 30.3 Å². The third-order valence-electron chi connectivity index (χ3n) is 5.19. The summed E-state index contributed by atoms with van der Waals surface area (Å²) in [4.78, 5) is 8.25. The van der Waals surface area contributed by atoms with E-state index < -0.39 is 5.60 Å². The summed E-state index contributed by atoms with van der Waals surface area (Å²) in [7, 11) is 0. The topological polar surface area (TPSA) is 75.8 Å². The van der Waals surface area contributed by atoms with Crippen LogP contribution in [0.1, 0.15) is 11.5 Å². The maximum atomic E-state index is 6.59. The molecule has 6 nitrogen and oxygen atoms in total. The van der Waals surface area contributed by atoms with Gasteiger partial charge in [-0.2, -0.15) is 5.10 Å². The fourth-order valence-corrected chi connectivity index (χ4v) is 3.81. The number of imidazole rings is 1. The number of rotatable bonds is 2. The molecule has 5 aromatic rings. The predicted molar refractivity (Wildman–Crippen MR) is 106 cm³/mol. The predicted octanol–water partition coefficient (Wildman–Crippen LogP) is 4.15. The Kier molecular flexibility index (Phi) is 3.05. The number of fused-ring (bicyclic) bond motifs is 3. The Morgan fingerprint density at radius 3 is 2.46 bits per heavy atom. The van der Waals surface area contributed by atoms with Crippen molar-refractivity contribution in [2.24, 2.45) is 0 Å². The third kappa shape index (κ3) is 2.08. The Hall–Kier alpha value is -3.80. The Morgan fingerprint density at radius 2 is 1.57 bits per heavy atom. The van der Waals surface area contributed by atoms with Crippen LogP contribution in [0.5, 0.6) is 11.5 Å². The van der Waals surface area contributed by atoms with Gasteiger partial charge in [0.2, 0.25) is 5.60 Å². The number of hydrogen-bond donors (Lipinski definition) is 2. The average Bonchev–Trinajstić information content (AvgIpc) is 3.38. The summed E-state index contributed by atoms with van der Waals surface area (Å²) in [6, 6.07) is 23.6. The zero-order chi connectivity index (χ0) is 18.6. The Labute approximate surface area is 160 Å². The molecule has 3 aromatic carbocycles. The normalized spacial score (nSPS) is 18.6. The lowest BCUT2D eigenvalue weighted by atomic mass is 9.95. The van der Waals surface area contributed by atoms with E-state index in [1.165, 1.54) is 0 Å². The van der Waals surface area contributed by atoms with Crippen molar-refractivity contribution in [3.05, 3.63) is 84.3 Å². The van der Waals surface area contributed by atoms with E-state index in [1.54, 1.807) is 0 Å². The highest BCUT2D eigenvalue weighted by Gasteiger charge is 2.47. The van der Waals surface area contributed by atoms with Gasteiger partial charge in [-0.25, -0.2) is 4.98 Å². The first-order valence-corrected chi connectivity index (χ1v) is 9.13. The summed E-state index contributed by atoms with van der Waals surface area (Å²) in [6.07, 6.45) is 0. The van der Waals surface area contributed by atoms with E-state index in [0.29, 0.717) is 17.3 Å². The molecule has 1 unspecified atom stereocenters. The van der Waals surface area contributed by atoms with Crippen LogP contribution >= 0.6 is 0 Å². The molecule has 1 aliphatic heterocycles. The molecule has 6 rings (SSSR count). The number of nitrogens with zero attached hydrogens (tertiary/aromatic N) is 2. The van der Waals surface area contributed by atoms with Gasteiger partial charge in [0, 0.05) is 5.39 Å². The highest BCUT2D eigenvalue weighted by Crippen LogP contribution is 2.44. The van der Waals surface area contributed by atoms with E-state index in [2.05, 4.69) is 15.2 Å². The Bertz CT molecular complexity index is 1290. The van der Waals surface area contributed by atoms with Crippen LogP contribution in [-0.2, 0) is 5.60 Å². The first kappa shape index (κ1) is 15.3. The number of ether oxygens (including phenoxy) is 2. The minimum absolute atomic E-state index is 0.263. The lowest BCUT2D eigenvalue weighted by Crippen LogP contribution is -2.44. The van der Waals surface area contributed by atoms with Crippen molar-refractivity contribution < 1.29 is 9.47 Å². The molecule has 2 aromatic heterocycles. The Balaban J connectivity index is 1.63. The maximum Gasteiger partial charge on any atom is 0.244 e. The molecular weight excluding hydrogens is 352 g/mol. The number of aromatic nitrogens is 4. The van der Waals surface area contributed by atoms with Crippen molar-refractivity contribution in [3.63, 3.8) is 0 Å². The average molecular weight is 368 g/mol. The van der Waals surface area contributed by atoms with Crippen LogP contribution in [-0.4, -0.2) is 26.8 Å². The Morgan fingerprint density at radius 1 is 0.821 bits per heavy atom. The van der Waals surface area contributed by atoms with Gasteiger partial charge in [-0.3, -0.25) is 5.10 Å². The molecule has 0 aliphatic carbocycles. The maximum absolute atomic E-state index is 6.59. The van der Waals surface area contributed by atoms with Crippen molar-refractivity contribution in [2.45, 2.75) is 5.60 Å². The highest BCUT2D eigenvalue weighted by atomic mass is 16.6. The number of nitrogens with one attached hydrogen (secondary N) is 2. The van der Waals surface area contributed by atoms with Crippen LogP contribution < -0.4 is 9.47 Å². The molecule has 0 radical (unpaired) electrons. The molecule has 1 aliphatic rings. The van der Waals surface area contributed by atoms with Gasteiger partial charge >= 0.3 is 0 Å². The molecule has 3 heterocycles. The number of aromatic amines is 2. The van der Waals surface area contributed by atoms with Crippen molar-refractivity contribution in [2.75, 3.05) is 6.61 Å². The summed E-state index contributed by atoms with van der Waals surface area (Å²) in [5, 5.41) is 8.71. The smallest absolute Gasteiger partial charge is 0.244 e. The summed E-state index contributed by atoms with van der Waals surface area (Å²) in [5.74, 6) is 2.05. The van der Waals surface area contributed by atoms with Gasteiger partial charge in [0.25, 0.3) is 0 Å². The molecule has 0 amide bonds. The summed E-state index contributed by atoms with van der Waals surface area (Å²) in [6.45, 7) is 0.263. The second-order valence-electron chi connectivity index (χ2n) is 6.88. The zero-order valence-corrected chi connectivity index (χ0v) is 14.8. The van der Waals surface area contributed by atoms with Crippen LogP contribution in [0, 0.1) is 0 Å². The SMILES string of the molecule is c1ccc2c(c1)OCC(c1nc3ccccc3[nH]1)(c1n[nH]c3ccccc13)O2. The van der Waals surface area contributed by atoms with Gasteiger partial charge in [-0.1, -0.05) is 42.5 Å². The van der Waals surface area contributed by atoms with Gasteiger partial charge in [-0.15, -0.1) is 0 Å². The quantitative estimate of drug-likeness (QED) is 0.491. The molecule has 0 saturated heterocycles. The van der Waals surface area contributed by atoms with Crippen molar-refractivity contribution in [1.29, 1.82) is 0 Å². The molecule has 136 valence electrons.